The SMILES string of the molecule is CCCCC1C(=O)NCCc2c[nH]c3cccc1c23. The molecule has 3 rings (SSSR count). The molecule has 0 bridgehead atoms. The van der Waals surface area contributed by atoms with Gasteiger partial charge in [0.2, 0.25) is 5.91 Å². The van der Waals surface area contributed by atoms with Gasteiger partial charge in [0, 0.05) is 23.6 Å². The summed E-state index contributed by atoms with van der Waals surface area (Å²) in [5, 5.41) is 4.34. The highest BCUT2D eigenvalue weighted by Gasteiger charge is 2.25. The molecular weight excluding hydrogens is 236 g/mol. The first kappa shape index (κ1) is 12.3. The number of amides is 1. The lowest BCUT2D eigenvalue weighted by molar-refractivity contribution is -0.122. The maximum Gasteiger partial charge on any atom is 0.227 e. The van der Waals surface area contributed by atoms with Gasteiger partial charge in [0.05, 0.1) is 5.92 Å². The molecule has 1 aliphatic heterocycles. The van der Waals surface area contributed by atoms with Crippen LogP contribution in [0.3, 0.4) is 0 Å². The van der Waals surface area contributed by atoms with E-state index >= 15 is 0 Å². The molecule has 1 aliphatic rings. The lowest BCUT2D eigenvalue weighted by Crippen LogP contribution is -2.32. The summed E-state index contributed by atoms with van der Waals surface area (Å²) >= 11 is 0. The van der Waals surface area contributed by atoms with Crippen LogP contribution in [0.15, 0.2) is 24.4 Å². The summed E-state index contributed by atoms with van der Waals surface area (Å²) in [6.07, 6.45) is 6.14. The third-order valence-corrected chi connectivity index (χ3v) is 4.05. The Balaban J connectivity index is 2.13. The molecular formula is C16H20N2O. The van der Waals surface area contributed by atoms with Crippen molar-refractivity contribution in [2.75, 3.05) is 6.54 Å². The number of nitrogens with one attached hydrogen (secondary N) is 2. The highest BCUT2D eigenvalue weighted by molar-refractivity contribution is 5.94. The van der Waals surface area contributed by atoms with Crippen molar-refractivity contribution in [1.29, 1.82) is 0 Å². The fraction of sp³-hybridized carbons (Fsp3) is 0.438. The van der Waals surface area contributed by atoms with Gasteiger partial charge in [-0.2, -0.15) is 0 Å². The van der Waals surface area contributed by atoms with Crippen molar-refractivity contribution in [3.63, 3.8) is 0 Å². The van der Waals surface area contributed by atoms with Gasteiger partial charge in [-0.3, -0.25) is 4.79 Å². The van der Waals surface area contributed by atoms with E-state index in [2.05, 4.69) is 35.6 Å². The Morgan fingerprint density at radius 2 is 2.26 bits per heavy atom. The van der Waals surface area contributed by atoms with Crippen LogP contribution in [0.5, 0.6) is 0 Å². The van der Waals surface area contributed by atoms with E-state index in [1.807, 2.05) is 6.07 Å². The molecule has 0 aliphatic carbocycles. The number of hydrogen-bond donors (Lipinski definition) is 2. The lowest BCUT2D eigenvalue weighted by atomic mass is 9.87. The van der Waals surface area contributed by atoms with Crippen LogP contribution in [-0.4, -0.2) is 17.4 Å². The van der Waals surface area contributed by atoms with E-state index < -0.39 is 0 Å². The average molecular weight is 256 g/mol. The van der Waals surface area contributed by atoms with Crippen LogP contribution in [0.25, 0.3) is 10.9 Å². The minimum atomic E-state index is -0.00139. The van der Waals surface area contributed by atoms with Crippen molar-refractivity contribution < 1.29 is 4.79 Å². The fourth-order valence-electron chi connectivity index (χ4n) is 3.05. The molecule has 2 aromatic rings. The largest absolute Gasteiger partial charge is 0.361 e. The fourth-order valence-corrected chi connectivity index (χ4v) is 3.05. The topological polar surface area (TPSA) is 44.9 Å². The van der Waals surface area contributed by atoms with Crippen LogP contribution in [-0.2, 0) is 11.2 Å². The minimum Gasteiger partial charge on any atom is -0.361 e. The van der Waals surface area contributed by atoms with Gasteiger partial charge in [-0.1, -0.05) is 31.9 Å². The number of aromatic amines is 1. The summed E-state index contributed by atoms with van der Waals surface area (Å²) in [5.74, 6) is 0.186. The highest BCUT2D eigenvalue weighted by Crippen LogP contribution is 2.32. The molecule has 100 valence electrons. The third kappa shape index (κ3) is 2.14. The number of carbonyl (C=O) groups is 1. The second-order valence-electron chi connectivity index (χ2n) is 5.32. The van der Waals surface area contributed by atoms with Crippen molar-refractivity contribution in [2.45, 2.75) is 38.5 Å². The van der Waals surface area contributed by atoms with Crippen LogP contribution < -0.4 is 5.32 Å². The van der Waals surface area contributed by atoms with E-state index in [9.17, 15) is 4.79 Å². The summed E-state index contributed by atoms with van der Waals surface area (Å²) < 4.78 is 0. The zero-order valence-electron chi connectivity index (χ0n) is 11.3. The molecule has 0 radical (unpaired) electrons. The van der Waals surface area contributed by atoms with Crippen molar-refractivity contribution >= 4 is 16.8 Å². The highest BCUT2D eigenvalue weighted by atomic mass is 16.1. The summed E-state index contributed by atoms with van der Waals surface area (Å²) in [6.45, 7) is 2.91. The zero-order chi connectivity index (χ0) is 13.2. The normalized spacial score (nSPS) is 19.0. The molecule has 1 unspecified atom stereocenters. The van der Waals surface area contributed by atoms with E-state index in [1.165, 1.54) is 16.5 Å². The Bertz CT molecular complexity index is 600. The molecule has 0 saturated carbocycles. The Hall–Kier alpha value is -1.77. The van der Waals surface area contributed by atoms with Crippen molar-refractivity contribution in [3.05, 3.63) is 35.5 Å². The van der Waals surface area contributed by atoms with Crippen LogP contribution in [0.1, 0.15) is 43.2 Å². The number of unbranched alkanes of at least 4 members (excludes halogenated alkanes) is 1. The third-order valence-electron chi connectivity index (χ3n) is 4.05. The van der Waals surface area contributed by atoms with E-state index in [1.54, 1.807) is 0 Å². The molecule has 3 nitrogen and oxygen atoms in total. The smallest absolute Gasteiger partial charge is 0.227 e. The Kier molecular flexibility index (Phi) is 3.28. The number of H-pyrrole nitrogens is 1. The Labute approximate surface area is 113 Å². The van der Waals surface area contributed by atoms with Crippen LogP contribution in [0.2, 0.25) is 0 Å². The van der Waals surface area contributed by atoms with Crippen molar-refractivity contribution in [1.82, 2.24) is 10.3 Å². The average Bonchev–Trinajstić information content (AvgIpc) is 2.82. The van der Waals surface area contributed by atoms with Gasteiger partial charge in [0.15, 0.2) is 0 Å². The molecule has 0 spiro atoms. The number of benzene rings is 1. The number of rotatable bonds is 3. The van der Waals surface area contributed by atoms with E-state index in [4.69, 9.17) is 0 Å². The van der Waals surface area contributed by atoms with E-state index in [0.29, 0.717) is 0 Å². The Morgan fingerprint density at radius 3 is 3.11 bits per heavy atom. The first-order chi connectivity index (χ1) is 9.31. The molecule has 1 atom stereocenters. The second-order valence-corrected chi connectivity index (χ2v) is 5.32. The van der Waals surface area contributed by atoms with Gasteiger partial charge >= 0.3 is 0 Å². The summed E-state index contributed by atoms with van der Waals surface area (Å²) in [4.78, 5) is 15.7. The first-order valence-corrected chi connectivity index (χ1v) is 7.18. The lowest BCUT2D eigenvalue weighted by Gasteiger charge is -2.21. The molecule has 2 heterocycles. The first-order valence-electron chi connectivity index (χ1n) is 7.18. The van der Waals surface area contributed by atoms with Gasteiger partial charge in [0.25, 0.3) is 0 Å². The summed E-state index contributed by atoms with van der Waals surface area (Å²) in [5.41, 5.74) is 3.68. The molecule has 2 N–H and O–H groups in total. The monoisotopic (exact) mass is 256 g/mol. The molecule has 3 heteroatoms. The molecule has 19 heavy (non-hydrogen) atoms. The molecule has 1 amide bonds. The molecule has 1 aromatic carbocycles. The predicted octanol–water partition coefficient (Wildman–Crippen LogP) is 3.11. The number of hydrogen-bond acceptors (Lipinski definition) is 1. The van der Waals surface area contributed by atoms with Gasteiger partial charge in [-0.15, -0.1) is 0 Å². The summed E-state index contributed by atoms with van der Waals surface area (Å²) in [6, 6.07) is 6.26. The standard InChI is InChI=1S/C16H20N2O/c1-2-3-5-13-12-6-4-7-14-15(12)11(10-18-14)8-9-17-16(13)19/h4,6-7,10,13,18H,2-3,5,8-9H2,1H3,(H,17,19). The van der Waals surface area contributed by atoms with Gasteiger partial charge in [-0.05, 0) is 30.0 Å². The maximum atomic E-state index is 12.3. The maximum absolute atomic E-state index is 12.3. The number of aromatic nitrogens is 1. The van der Waals surface area contributed by atoms with Crippen molar-refractivity contribution in [2.24, 2.45) is 0 Å². The molecule has 0 fully saturated rings. The minimum absolute atomic E-state index is 0.00139. The van der Waals surface area contributed by atoms with Crippen LogP contribution in [0.4, 0.5) is 0 Å². The van der Waals surface area contributed by atoms with E-state index in [0.717, 1.165) is 37.7 Å². The zero-order valence-corrected chi connectivity index (χ0v) is 11.3. The quantitative estimate of drug-likeness (QED) is 0.870. The van der Waals surface area contributed by atoms with Gasteiger partial charge < -0.3 is 10.3 Å². The molecule has 1 aromatic heterocycles. The van der Waals surface area contributed by atoms with Gasteiger partial charge in [-0.25, -0.2) is 0 Å². The van der Waals surface area contributed by atoms with Gasteiger partial charge in [0.1, 0.15) is 0 Å². The Morgan fingerprint density at radius 1 is 1.37 bits per heavy atom. The van der Waals surface area contributed by atoms with E-state index in [-0.39, 0.29) is 11.8 Å². The van der Waals surface area contributed by atoms with Crippen molar-refractivity contribution in [3.8, 4) is 0 Å². The number of carbonyl (C=O) groups excluding carboxylic acids is 1. The summed E-state index contributed by atoms with van der Waals surface area (Å²) in [7, 11) is 0. The van der Waals surface area contributed by atoms with Crippen LogP contribution in [0, 0.1) is 0 Å². The second kappa shape index (κ2) is 5.08. The molecule has 0 saturated heterocycles. The predicted molar refractivity (Wildman–Crippen MR) is 77.3 cm³/mol. The van der Waals surface area contributed by atoms with Crippen LogP contribution >= 0.6 is 0 Å².